The monoisotopic (exact) mass is 475 g/mol. The number of amides is 1. The third-order valence-corrected chi connectivity index (χ3v) is 7.58. The summed E-state index contributed by atoms with van der Waals surface area (Å²) in [6.07, 6.45) is 0.635. The smallest absolute Gasteiger partial charge is 0.243 e. The molecule has 2 heterocycles. The minimum absolute atomic E-state index is 0.0867. The number of carbonyl (C=O) groups is 1. The second-order valence-electron chi connectivity index (χ2n) is 9.49. The Hall–Kier alpha value is -4.05. The molecule has 0 spiro atoms. The van der Waals surface area contributed by atoms with Crippen molar-refractivity contribution >= 4 is 11.6 Å². The first-order valence-electron chi connectivity index (χ1n) is 12.6. The summed E-state index contributed by atoms with van der Waals surface area (Å²) in [6.45, 7) is 5.22. The number of rotatable bonds is 5. The number of para-hydroxylation sites is 1. The molecular weight excluding hydrogens is 446 g/mol. The number of hydrogen-bond acceptors (Lipinski definition) is 3. The highest BCUT2D eigenvalue weighted by atomic mass is 16.6. The summed E-state index contributed by atoms with van der Waals surface area (Å²) in [5, 5.41) is 0. The van der Waals surface area contributed by atoms with E-state index in [2.05, 4.69) is 50.2 Å². The molecule has 0 aliphatic carbocycles. The highest BCUT2D eigenvalue weighted by molar-refractivity contribution is 6.11. The maximum Gasteiger partial charge on any atom is 0.243 e. The minimum atomic E-state index is -0.821. The van der Waals surface area contributed by atoms with Crippen LogP contribution < -0.4 is 14.4 Å². The number of carbonyl (C=O) groups excluding carboxylic acids is 1. The molecule has 36 heavy (non-hydrogen) atoms. The van der Waals surface area contributed by atoms with Crippen molar-refractivity contribution in [3.63, 3.8) is 0 Å². The first kappa shape index (κ1) is 22.4. The Morgan fingerprint density at radius 2 is 1.33 bits per heavy atom. The van der Waals surface area contributed by atoms with Crippen LogP contribution >= 0.6 is 0 Å². The van der Waals surface area contributed by atoms with E-state index in [4.69, 9.17) is 9.47 Å². The van der Waals surface area contributed by atoms with Crippen molar-refractivity contribution in [2.24, 2.45) is 0 Å². The van der Waals surface area contributed by atoms with E-state index < -0.39 is 5.41 Å². The van der Waals surface area contributed by atoms with E-state index in [1.54, 1.807) is 0 Å². The Morgan fingerprint density at radius 1 is 0.778 bits per heavy atom. The van der Waals surface area contributed by atoms with Gasteiger partial charge in [0.15, 0.2) is 11.5 Å². The summed E-state index contributed by atoms with van der Waals surface area (Å²) >= 11 is 0. The molecule has 0 N–H and O–H groups in total. The number of nitrogens with zero attached hydrogens (tertiary/aromatic N) is 1. The third-order valence-electron chi connectivity index (χ3n) is 7.58. The molecule has 0 bridgehead atoms. The summed E-state index contributed by atoms with van der Waals surface area (Å²) < 4.78 is 11.8. The van der Waals surface area contributed by atoms with Crippen molar-refractivity contribution in [2.45, 2.75) is 31.7 Å². The molecule has 6 rings (SSSR count). The molecule has 0 aromatic heterocycles. The quantitative estimate of drug-likeness (QED) is 0.326. The van der Waals surface area contributed by atoms with Gasteiger partial charge in [-0.25, -0.2) is 0 Å². The number of hydrogen-bond donors (Lipinski definition) is 0. The van der Waals surface area contributed by atoms with E-state index in [0.717, 1.165) is 39.3 Å². The first-order chi connectivity index (χ1) is 17.6. The van der Waals surface area contributed by atoms with Gasteiger partial charge in [-0.3, -0.25) is 9.69 Å². The topological polar surface area (TPSA) is 38.8 Å². The molecule has 0 radical (unpaired) electrons. The van der Waals surface area contributed by atoms with E-state index in [-0.39, 0.29) is 11.9 Å². The van der Waals surface area contributed by atoms with Gasteiger partial charge in [-0.2, -0.15) is 0 Å². The fraction of sp³-hybridized carbons (Fsp3) is 0.219. The number of fused-ring (bicyclic) bond motifs is 2. The molecule has 0 unspecified atom stereocenters. The maximum absolute atomic E-state index is 14.9. The Bertz CT molecular complexity index is 1380. The maximum atomic E-state index is 14.9. The van der Waals surface area contributed by atoms with Crippen LogP contribution in [0.4, 0.5) is 5.69 Å². The average Bonchev–Trinajstić information content (AvgIpc) is 3.18. The lowest BCUT2D eigenvalue weighted by atomic mass is 9.71. The zero-order chi connectivity index (χ0) is 24.7. The van der Waals surface area contributed by atoms with Crippen LogP contribution in [-0.4, -0.2) is 19.1 Å². The number of benzene rings is 4. The highest BCUT2D eigenvalue weighted by Crippen LogP contribution is 2.53. The molecule has 180 valence electrons. The van der Waals surface area contributed by atoms with E-state index in [1.807, 2.05) is 65.6 Å². The molecule has 4 aromatic rings. The molecule has 1 amide bonds. The highest BCUT2D eigenvalue weighted by Gasteiger charge is 2.53. The second-order valence-corrected chi connectivity index (χ2v) is 9.49. The van der Waals surface area contributed by atoms with Gasteiger partial charge >= 0.3 is 0 Å². The van der Waals surface area contributed by atoms with E-state index in [1.165, 1.54) is 0 Å². The molecule has 1 atom stereocenters. The molecule has 4 nitrogen and oxygen atoms in total. The van der Waals surface area contributed by atoms with E-state index >= 15 is 0 Å². The molecule has 4 aromatic carbocycles. The largest absolute Gasteiger partial charge is 0.486 e. The average molecular weight is 476 g/mol. The van der Waals surface area contributed by atoms with Crippen LogP contribution in [0.3, 0.4) is 0 Å². The minimum Gasteiger partial charge on any atom is -0.486 e. The summed E-state index contributed by atoms with van der Waals surface area (Å²) in [5.41, 5.74) is 5.34. The van der Waals surface area contributed by atoms with Gasteiger partial charge in [-0.05, 0) is 59.4 Å². The Morgan fingerprint density at radius 3 is 1.94 bits per heavy atom. The zero-order valence-corrected chi connectivity index (χ0v) is 20.6. The SMILES string of the molecule is CC[C@]1(c2cc3c(cc2C)OCCO3)C(=O)N(C(c2ccccc2)c2ccccc2)c2ccccc21. The van der Waals surface area contributed by atoms with Gasteiger partial charge in [-0.15, -0.1) is 0 Å². The Kier molecular flexibility index (Phi) is 5.52. The molecule has 4 heteroatoms. The van der Waals surface area contributed by atoms with Crippen molar-refractivity contribution in [3.05, 3.63) is 125 Å². The van der Waals surface area contributed by atoms with Gasteiger partial charge in [0.1, 0.15) is 18.6 Å². The molecule has 0 saturated carbocycles. The van der Waals surface area contributed by atoms with E-state index in [0.29, 0.717) is 25.4 Å². The van der Waals surface area contributed by atoms with Gasteiger partial charge in [0.05, 0.1) is 6.04 Å². The summed E-state index contributed by atoms with van der Waals surface area (Å²) in [5.74, 6) is 1.54. The number of aryl methyl sites for hydroxylation is 1. The van der Waals surface area contributed by atoms with Crippen LogP contribution in [0.2, 0.25) is 0 Å². The van der Waals surface area contributed by atoms with E-state index in [9.17, 15) is 4.79 Å². The zero-order valence-electron chi connectivity index (χ0n) is 20.6. The number of anilines is 1. The van der Waals surface area contributed by atoms with Gasteiger partial charge in [-0.1, -0.05) is 85.8 Å². The predicted molar refractivity (Wildman–Crippen MR) is 142 cm³/mol. The second kappa shape index (κ2) is 8.87. The standard InChI is InChI=1S/C32H29NO3/c1-3-32(26-21-29-28(20-22(26)2)35-18-19-36-29)25-16-10-11-17-27(25)33(31(32)34)30(23-12-6-4-7-13-23)24-14-8-5-9-15-24/h4-17,20-21,30H,3,18-19H2,1-2H3/t32-/m0/s1. The first-order valence-corrected chi connectivity index (χ1v) is 12.6. The van der Waals surface area contributed by atoms with Gasteiger partial charge in [0.25, 0.3) is 0 Å². The Balaban J connectivity index is 1.59. The van der Waals surface area contributed by atoms with Gasteiger partial charge in [0, 0.05) is 5.69 Å². The van der Waals surface area contributed by atoms with Crippen LogP contribution in [0.5, 0.6) is 11.5 Å². The van der Waals surface area contributed by atoms with Crippen molar-refractivity contribution in [1.82, 2.24) is 0 Å². The van der Waals surface area contributed by atoms with Crippen LogP contribution in [-0.2, 0) is 10.2 Å². The normalized spacial score (nSPS) is 18.4. The molecule has 2 aliphatic heterocycles. The van der Waals surface area contributed by atoms with Crippen LogP contribution in [0.25, 0.3) is 0 Å². The van der Waals surface area contributed by atoms with Gasteiger partial charge < -0.3 is 9.47 Å². The molecule has 0 saturated heterocycles. The lowest BCUT2D eigenvalue weighted by Gasteiger charge is -2.34. The summed E-state index contributed by atoms with van der Waals surface area (Å²) in [6, 6.07) is 32.7. The van der Waals surface area contributed by atoms with Crippen molar-refractivity contribution in [3.8, 4) is 11.5 Å². The third kappa shape index (κ3) is 3.32. The summed E-state index contributed by atoms with van der Waals surface area (Å²) in [4.78, 5) is 16.9. The van der Waals surface area contributed by atoms with Crippen molar-refractivity contribution in [1.29, 1.82) is 0 Å². The fourth-order valence-electron chi connectivity index (χ4n) is 5.94. The molecular formula is C32H29NO3. The lowest BCUT2D eigenvalue weighted by Crippen LogP contribution is -2.43. The van der Waals surface area contributed by atoms with Crippen molar-refractivity contribution in [2.75, 3.05) is 18.1 Å². The summed E-state index contributed by atoms with van der Waals surface area (Å²) in [7, 11) is 0. The molecule has 2 aliphatic rings. The fourth-order valence-corrected chi connectivity index (χ4v) is 5.94. The van der Waals surface area contributed by atoms with Gasteiger partial charge in [0.2, 0.25) is 5.91 Å². The predicted octanol–water partition coefficient (Wildman–Crippen LogP) is 6.60. The Labute approximate surface area is 212 Å². The number of ether oxygens (including phenoxy) is 2. The van der Waals surface area contributed by atoms with Crippen molar-refractivity contribution < 1.29 is 14.3 Å². The van der Waals surface area contributed by atoms with Crippen LogP contribution in [0.15, 0.2) is 97.1 Å². The van der Waals surface area contributed by atoms with Crippen LogP contribution in [0, 0.1) is 6.92 Å². The van der Waals surface area contributed by atoms with Crippen LogP contribution in [0.1, 0.15) is 47.2 Å². The lowest BCUT2D eigenvalue weighted by molar-refractivity contribution is -0.122. The molecule has 0 fully saturated rings.